The number of halogens is 1. The molecule has 3 N–H and O–H groups in total. The summed E-state index contributed by atoms with van der Waals surface area (Å²) in [4.78, 5) is 0. The molecule has 0 saturated carbocycles. The zero-order chi connectivity index (χ0) is 14.5. The number of benzene rings is 1. The van der Waals surface area contributed by atoms with Gasteiger partial charge in [0.1, 0.15) is 0 Å². The van der Waals surface area contributed by atoms with E-state index in [9.17, 15) is 0 Å². The van der Waals surface area contributed by atoms with E-state index in [4.69, 9.17) is 10.8 Å². The van der Waals surface area contributed by atoms with Gasteiger partial charge in [0.25, 0.3) is 0 Å². The number of nitrogens with two attached hydrogens (primary N) is 1. The molecule has 0 unspecified atom stereocenters. The van der Waals surface area contributed by atoms with Crippen molar-refractivity contribution >= 4 is 24.2 Å². The van der Waals surface area contributed by atoms with Crippen LogP contribution in [-0.2, 0) is 6.54 Å². The molecule has 0 aliphatic rings. The fourth-order valence-electron chi connectivity index (χ4n) is 1.85. The lowest BCUT2D eigenvalue weighted by Crippen LogP contribution is -2.10. The molecule has 0 aliphatic carbocycles. The molecule has 0 saturated heterocycles. The highest BCUT2D eigenvalue weighted by atomic mass is 35.5. The van der Waals surface area contributed by atoms with Crippen molar-refractivity contribution in [2.75, 3.05) is 12.4 Å². The van der Waals surface area contributed by atoms with Crippen molar-refractivity contribution < 1.29 is 5.11 Å². The number of hydrogen-bond donors (Lipinski definition) is 2. The summed E-state index contributed by atoms with van der Waals surface area (Å²) in [5.41, 5.74) is 7.97. The van der Waals surface area contributed by atoms with Crippen LogP contribution in [-0.4, -0.2) is 32.2 Å². The third kappa shape index (κ3) is 4.20. The Bertz CT molecular complexity index is 576. The Morgan fingerprint density at radius 3 is 2.67 bits per heavy atom. The van der Waals surface area contributed by atoms with E-state index in [2.05, 4.69) is 23.2 Å². The van der Waals surface area contributed by atoms with E-state index in [1.54, 1.807) is 11.8 Å². The van der Waals surface area contributed by atoms with E-state index >= 15 is 0 Å². The van der Waals surface area contributed by atoms with Gasteiger partial charge in [-0.3, -0.25) is 4.57 Å². The van der Waals surface area contributed by atoms with Crippen LogP contribution in [0.25, 0.3) is 5.69 Å². The summed E-state index contributed by atoms with van der Waals surface area (Å²) in [6.45, 7) is 4.58. The number of hydrogen-bond acceptors (Lipinski definition) is 5. The standard InChI is InChI=1S/C14H20N4OS.ClH/c1-10(8-19)9-20-14-17-16-13(7-15)18(14)12-6-4-3-5-11(12)2;/h3-6,10,19H,7-9,15H2,1-2H3;1H/t10-;/m0./s1. The number of aromatic nitrogens is 3. The summed E-state index contributed by atoms with van der Waals surface area (Å²) < 4.78 is 2.00. The quantitative estimate of drug-likeness (QED) is 0.795. The fraction of sp³-hybridized carbons (Fsp3) is 0.429. The molecule has 7 heteroatoms. The lowest BCUT2D eigenvalue weighted by molar-refractivity contribution is 0.250. The summed E-state index contributed by atoms with van der Waals surface area (Å²) in [6, 6.07) is 8.09. The predicted octanol–water partition coefficient (Wildman–Crippen LogP) is 2.18. The zero-order valence-electron chi connectivity index (χ0n) is 12.2. The highest BCUT2D eigenvalue weighted by Crippen LogP contribution is 2.25. The first-order chi connectivity index (χ1) is 9.67. The first-order valence-electron chi connectivity index (χ1n) is 6.61. The molecular formula is C14H21ClN4OS. The van der Waals surface area contributed by atoms with Crippen molar-refractivity contribution in [1.82, 2.24) is 14.8 Å². The molecule has 0 bridgehead atoms. The third-order valence-electron chi connectivity index (χ3n) is 3.05. The summed E-state index contributed by atoms with van der Waals surface area (Å²) in [7, 11) is 0. The zero-order valence-corrected chi connectivity index (χ0v) is 13.8. The molecule has 0 aliphatic heterocycles. The molecule has 1 heterocycles. The van der Waals surface area contributed by atoms with Crippen molar-refractivity contribution in [2.45, 2.75) is 25.5 Å². The lowest BCUT2D eigenvalue weighted by atomic mass is 10.2. The molecule has 0 fully saturated rings. The second kappa shape index (κ2) is 8.38. The van der Waals surface area contributed by atoms with Gasteiger partial charge in [-0.2, -0.15) is 0 Å². The number of aryl methyl sites for hydroxylation is 1. The van der Waals surface area contributed by atoms with E-state index < -0.39 is 0 Å². The summed E-state index contributed by atoms with van der Waals surface area (Å²) in [5, 5.41) is 18.3. The van der Waals surface area contributed by atoms with Gasteiger partial charge in [0.05, 0.1) is 12.2 Å². The van der Waals surface area contributed by atoms with Crippen LogP contribution in [0.15, 0.2) is 29.4 Å². The minimum atomic E-state index is 0. The molecule has 116 valence electrons. The van der Waals surface area contributed by atoms with Gasteiger partial charge >= 0.3 is 0 Å². The Balaban J connectivity index is 0.00000220. The SMILES string of the molecule is Cc1ccccc1-n1c(CN)nnc1SC[C@@H](C)CO.Cl. The van der Waals surface area contributed by atoms with Crippen LogP contribution in [0, 0.1) is 12.8 Å². The number of thioether (sulfide) groups is 1. The molecule has 1 aromatic carbocycles. The van der Waals surface area contributed by atoms with Crippen LogP contribution in [0.3, 0.4) is 0 Å². The molecule has 0 spiro atoms. The largest absolute Gasteiger partial charge is 0.396 e. The van der Waals surface area contributed by atoms with Crippen molar-refractivity contribution in [3.63, 3.8) is 0 Å². The lowest BCUT2D eigenvalue weighted by Gasteiger charge is -2.13. The van der Waals surface area contributed by atoms with Gasteiger partial charge in [0, 0.05) is 12.4 Å². The maximum atomic E-state index is 9.12. The van der Waals surface area contributed by atoms with Crippen molar-refractivity contribution in [1.29, 1.82) is 0 Å². The van der Waals surface area contributed by atoms with Crippen LogP contribution in [0.2, 0.25) is 0 Å². The molecule has 1 atom stereocenters. The smallest absolute Gasteiger partial charge is 0.195 e. The second-order valence-corrected chi connectivity index (χ2v) is 5.81. The first-order valence-corrected chi connectivity index (χ1v) is 7.60. The van der Waals surface area contributed by atoms with Crippen LogP contribution in [0.5, 0.6) is 0 Å². The Morgan fingerprint density at radius 1 is 1.33 bits per heavy atom. The summed E-state index contributed by atoms with van der Waals surface area (Å²) >= 11 is 1.59. The molecule has 0 amide bonds. The number of rotatable bonds is 6. The Hall–Kier alpha value is -1.08. The molecular weight excluding hydrogens is 308 g/mol. The van der Waals surface area contributed by atoms with Gasteiger partial charge in [0.15, 0.2) is 11.0 Å². The van der Waals surface area contributed by atoms with Gasteiger partial charge in [-0.25, -0.2) is 0 Å². The molecule has 1 aromatic heterocycles. The minimum Gasteiger partial charge on any atom is -0.396 e. The minimum absolute atomic E-state index is 0. The molecule has 21 heavy (non-hydrogen) atoms. The second-order valence-electron chi connectivity index (χ2n) is 4.82. The van der Waals surface area contributed by atoms with E-state index in [1.807, 2.05) is 29.7 Å². The maximum Gasteiger partial charge on any atom is 0.195 e. The third-order valence-corrected chi connectivity index (χ3v) is 4.31. The first kappa shape index (κ1) is 18.0. The average molecular weight is 329 g/mol. The van der Waals surface area contributed by atoms with Crippen LogP contribution < -0.4 is 5.73 Å². The van der Waals surface area contributed by atoms with Crippen LogP contribution >= 0.6 is 24.2 Å². The van der Waals surface area contributed by atoms with Gasteiger partial charge in [-0.05, 0) is 24.5 Å². The Kier molecular flexibility index (Phi) is 7.17. The van der Waals surface area contributed by atoms with Gasteiger partial charge in [0.2, 0.25) is 0 Å². The van der Waals surface area contributed by atoms with E-state index in [-0.39, 0.29) is 24.9 Å². The topological polar surface area (TPSA) is 77.0 Å². The molecule has 5 nitrogen and oxygen atoms in total. The molecule has 0 radical (unpaired) electrons. The van der Waals surface area contributed by atoms with E-state index in [0.29, 0.717) is 6.54 Å². The summed E-state index contributed by atoms with van der Waals surface area (Å²) in [6.07, 6.45) is 0. The number of aliphatic hydroxyl groups is 1. The van der Waals surface area contributed by atoms with Gasteiger partial charge < -0.3 is 10.8 Å². The number of aliphatic hydroxyl groups excluding tert-OH is 1. The predicted molar refractivity (Wildman–Crippen MR) is 88.2 cm³/mol. The fourth-order valence-corrected chi connectivity index (χ4v) is 2.82. The van der Waals surface area contributed by atoms with Crippen molar-refractivity contribution in [3.8, 4) is 5.69 Å². The number of para-hydroxylation sites is 1. The van der Waals surface area contributed by atoms with Gasteiger partial charge in [-0.1, -0.05) is 36.9 Å². The monoisotopic (exact) mass is 328 g/mol. The highest BCUT2D eigenvalue weighted by Gasteiger charge is 2.15. The molecule has 2 aromatic rings. The average Bonchev–Trinajstić information content (AvgIpc) is 2.88. The van der Waals surface area contributed by atoms with Crippen LogP contribution in [0.1, 0.15) is 18.3 Å². The number of nitrogens with zero attached hydrogens (tertiary/aromatic N) is 3. The van der Waals surface area contributed by atoms with E-state index in [0.717, 1.165) is 28.0 Å². The highest BCUT2D eigenvalue weighted by molar-refractivity contribution is 7.99. The van der Waals surface area contributed by atoms with Crippen molar-refractivity contribution in [2.24, 2.45) is 11.7 Å². The normalized spacial score (nSPS) is 12.0. The maximum absolute atomic E-state index is 9.12. The molecule has 2 rings (SSSR count). The Labute approximate surface area is 135 Å². The van der Waals surface area contributed by atoms with E-state index in [1.165, 1.54) is 0 Å². The van der Waals surface area contributed by atoms with Crippen LogP contribution in [0.4, 0.5) is 0 Å². The Morgan fingerprint density at radius 2 is 2.05 bits per heavy atom. The summed E-state index contributed by atoms with van der Waals surface area (Å²) in [5.74, 6) is 1.77. The van der Waals surface area contributed by atoms with Crippen molar-refractivity contribution in [3.05, 3.63) is 35.7 Å². The van der Waals surface area contributed by atoms with Gasteiger partial charge in [-0.15, -0.1) is 22.6 Å².